The van der Waals surface area contributed by atoms with E-state index >= 15 is 0 Å². The van der Waals surface area contributed by atoms with Crippen molar-refractivity contribution in [3.63, 3.8) is 0 Å². The smallest absolute Gasteiger partial charge is 0.0720 e. The zero-order chi connectivity index (χ0) is 13.9. The van der Waals surface area contributed by atoms with E-state index in [1.54, 1.807) is 11.3 Å². The van der Waals surface area contributed by atoms with Gasteiger partial charge in [-0.1, -0.05) is 24.3 Å². The number of fused-ring (bicyclic) bond motifs is 1. The molecule has 1 atom stereocenters. The molecule has 102 valence electrons. The summed E-state index contributed by atoms with van der Waals surface area (Å²) in [4.78, 5) is 6.08. The van der Waals surface area contributed by atoms with Crippen molar-refractivity contribution in [2.24, 2.45) is 5.73 Å². The Morgan fingerprint density at radius 1 is 1.20 bits per heavy atom. The lowest BCUT2D eigenvalue weighted by Crippen LogP contribution is -2.13. The summed E-state index contributed by atoms with van der Waals surface area (Å²) in [6, 6.07) is 14.4. The molecule has 0 saturated carbocycles. The van der Waals surface area contributed by atoms with Crippen LogP contribution in [0.5, 0.6) is 0 Å². The van der Waals surface area contributed by atoms with Crippen LogP contribution in [-0.2, 0) is 6.42 Å². The highest BCUT2D eigenvalue weighted by molar-refractivity contribution is 9.10. The van der Waals surface area contributed by atoms with E-state index in [9.17, 15) is 0 Å². The summed E-state index contributed by atoms with van der Waals surface area (Å²) in [5, 5.41) is 3.24. The first-order chi connectivity index (χ1) is 9.74. The topological polar surface area (TPSA) is 38.9 Å². The molecule has 0 saturated heterocycles. The average molecular weight is 347 g/mol. The first-order valence-electron chi connectivity index (χ1n) is 6.57. The number of halogens is 1. The third-order valence-electron chi connectivity index (χ3n) is 3.34. The summed E-state index contributed by atoms with van der Waals surface area (Å²) in [6.45, 7) is 0. The fourth-order valence-electron chi connectivity index (χ4n) is 2.25. The molecule has 0 aliphatic rings. The zero-order valence-electron chi connectivity index (χ0n) is 10.9. The summed E-state index contributed by atoms with van der Waals surface area (Å²) >= 11 is 5.38. The Morgan fingerprint density at radius 2 is 2.05 bits per heavy atom. The van der Waals surface area contributed by atoms with Gasteiger partial charge in [-0.25, -0.2) is 4.98 Å². The Bertz CT molecular complexity index is 710. The zero-order valence-corrected chi connectivity index (χ0v) is 13.3. The molecule has 0 amide bonds. The van der Waals surface area contributed by atoms with E-state index in [1.807, 2.05) is 18.2 Å². The van der Waals surface area contributed by atoms with E-state index in [2.05, 4.69) is 45.6 Å². The molecule has 20 heavy (non-hydrogen) atoms. The van der Waals surface area contributed by atoms with Crippen molar-refractivity contribution in [2.75, 3.05) is 0 Å². The van der Waals surface area contributed by atoms with Gasteiger partial charge in [0.05, 0.1) is 11.2 Å². The van der Waals surface area contributed by atoms with Crippen molar-refractivity contribution in [1.29, 1.82) is 0 Å². The predicted octanol–water partition coefficient (Wildman–Crippen LogP) is 4.69. The second kappa shape index (κ2) is 6.04. The summed E-state index contributed by atoms with van der Waals surface area (Å²) in [5.74, 6) is 0. The Balaban J connectivity index is 1.83. The van der Waals surface area contributed by atoms with Gasteiger partial charge in [0, 0.05) is 20.8 Å². The van der Waals surface area contributed by atoms with Crippen LogP contribution < -0.4 is 5.73 Å². The molecule has 4 heteroatoms. The summed E-state index contributed by atoms with van der Waals surface area (Å²) in [7, 11) is 0. The van der Waals surface area contributed by atoms with Crippen molar-refractivity contribution in [2.45, 2.75) is 18.9 Å². The SMILES string of the molecule is NC(CCc1cccs1)c1nc2ccccc2cc1Br. The molecule has 2 nitrogen and oxygen atoms in total. The number of hydrogen-bond donors (Lipinski definition) is 1. The van der Waals surface area contributed by atoms with E-state index < -0.39 is 0 Å². The summed E-state index contributed by atoms with van der Waals surface area (Å²) < 4.78 is 0.995. The monoisotopic (exact) mass is 346 g/mol. The second-order valence-electron chi connectivity index (χ2n) is 4.77. The van der Waals surface area contributed by atoms with Crippen LogP contribution in [0, 0.1) is 0 Å². The third kappa shape index (κ3) is 2.92. The second-order valence-corrected chi connectivity index (χ2v) is 6.66. The molecule has 2 aromatic heterocycles. The van der Waals surface area contributed by atoms with Gasteiger partial charge in [0.25, 0.3) is 0 Å². The number of rotatable bonds is 4. The van der Waals surface area contributed by atoms with Gasteiger partial charge in [0.1, 0.15) is 0 Å². The van der Waals surface area contributed by atoms with Crippen LogP contribution in [0.1, 0.15) is 23.0 Å². The first kappa shape index (κ1) is 13.7. The van der Waals surface area contributed by atoms with Crippen LogP contribution >= 0.6 is 27.3 Å². The molecule has 0 aliphatic carbocycles. The molecular formula is C16H15BrN2S. The summed E-state index contributed by atoms with van der Waals surface area (Å²) in [6.07, 6.45) is 1.91. The van der Waals surface area contributed by atoms with Gasteiger partial charge in [-0.05, 0) is 52.4 Å². The molecule has 0 bridgehead atoms. The highest BCUT2D eigenvalue weighted by Gasteiger charge is 2.13. The molecule has 0 spiro atoms. The lowest BCUT2D eigenvalue weighted by Gasteiger charge is -2.13. The van der Waals surface area contributed by atoms with Crippen LogP contribution in [0.15, 0.2) is 52.3 Å². The van der Waals surface area contributed by atoms with Crippen molar-refractivity contribution >= 4 is 38.2 Å². The Labute approximate surface area is 130 Å². The van der Waals surface area contributed by atoms with Crippen LogP contribution in [0.4, 0.5) is 0 Å². The van der Waals surface area contributed by atoms with Gasteiger partial charge >= 0.3 is 0 Å². The van der Waals surface area contributed by atoms with Crippen molar-refractivity contribution < 1.29 is 0 Å². The van der Waals surface area contributed by atoms with Crippen LogP contribution in [0.25, 0.3) is 10.9 Å². The molecule has 1 aromatic carbocycles. The minimum atomic E-state index is -0.0453. The molecule has 0 radical (unpaired) electrons. The predicted molar refractivity (Wildman–Crippen MR) is 89.0 cm³/mol. The molecule has 3 aromatic rings. The van der Waals surface area contributed by atoms with Gasteiger partial charge < -0.3 is 5.73 Å². The minimum absolute atomic E-state index is 0.0453. The quantitative estimate of drug-likeness (QED) is 0.744. The number of aromatic nitrogens is 1. The van der Waals surface area contributed by atoms with Crippen LogP contribution in [-0.4, -0.2) is 4.98 Å². The van der Waals surface area contributed by atoms with E-state index in [-0.39, 0.29) is 6.04 Å². The number of thiophene rings is 1. The van der Waals surface area contributed by atoms with E-state index in [0.717, 1.165) is 33.9 Å². The number of pyridine rings is 1. The number of nitrogens with zero attached hydrogens (tertiary/aromatic N) is 1. The van der Waals surface area contributed by atoms with Crippen molar-refractivity contribution in [3.05, 3.63) is 62.9 Å². The lowest BCUT2D eigenvalue weighted by molar-refractivity contribution is 0.636. The van der Waals surface area contributed by atoms with Gasteiger partial charge in [0.2, 0.25) is 0 Å². The minimum Gasteiger partial charge on any atom is -0.323 e. The number of nitrogens with two attached hydrogens (primary N) is 1. The van der Waals surface area contributed by atoms with E-state index in [4.69, 9.17) is 10.7 Å². The highest BCUT2D eigenvalue weighted by Crippen LogP contribution is 2.27. The van der Waals surface area contributed by atoms with Gasteiger partial charge in [-0.3, -0.25) is 0 Å². The fraction of sp³-hybridized carbons (Fsp3) is 0.188. The first-order valence-corrected chi connectivity index (χ1v) is 8.24. The van der Waals surface area contributed by atoms with E-state index in [1.165, 1.54) is 4.88 Å². The van der Waals surface area contributed by atoms with Crippen molar-refractivity contribution in [3.8, 4) is 0 Å². The van der Waals surface area contributed by atoms with Gasteiger partial charge in [-0.15, -0.1) is 11.3 Å². The standard InChI is InChI=1S/C16H15BrN2S/c17-13-10-11-4-1-2-6-15(11)19-16(13)14(18)8-7-12-5-3-9-20-12/h1-6,9-10,14H,7-8,18H2. The Morgan fingerprint density at radius 3 is 2.85 bits per heavy atom. The largest absolute Gasteiger partial charge is 0.323 e. The molecular weight excluding hydrogens is 332 g/mol. The molecule has 1 unspecified atom stereocenters. The molecule has 2 heterocycles. The molecule has 3 rings (SSSR count). The number of hydrogen-bond acceptors (Lipinski definition) is 3. The highest BCUT2D eigenvalue weighted by atomic mass is 79.9. The van der Waals surface area contributed by atoms with Gasteiger partial charge in [0.15, 0.2) is 0 Å². The number of benzene rings is 1. The Kier molecular flexibility index (Phi) is 4.15. The summed E-state index contributed by atoms with van der Waals surface area (Å²) in [5.41, 5.74) is 8.26. The van der Waals surface area contributed by atoms with E-state index in [0.29, 0.717) is 0 Å². The molecule has 0 fully saturated rings. The van der Waals surface area contributed by atoms with Crippen molar-refractivity contribution in [1.82, 2.24) is 4.98 Å². The van der Waals surface area contributed by atoms with Crippen LogP contribution in [0.3, 0.4) is 0 Å². The number of aryl methyl sites for hydroxylation is 1. The average Bonchev–Trinajstić information content (AvgIpc) is 2.97. The lowest BCUT2D eigenvalue weighted by atomic mass is 10.1. The molecule has 2 N–H and O–H groups in total. The van der Waals surface area contributed by atoms with Crippen LogP contribution in [0.2, 0.25) is 0 Å². The maximum absolute atomic E-state index is 6.32. The fourth-order valence-corrected chi connectivity index (χ4v) is 3.61. The maximum atomic E-state index is 6.32. The molecule has 0 aliphatic heterocycles. The van der Waals surface area contributed by atoms with Gasteiger partial charge in [-0.2, -0.15) is 0 Å². The maximum Gasteiger partial charge on any atom is 0.0720 e. The normalized spacial score (nSPS) is 12.7. The Hall–Kier alpha value is -1.23. The third-order valence-corrected chi connectivity index (χ3v) is 4.91. The number of para-hydroxylation sites is 1.